The Morgan fingerprint density at radius 3 is 2.28 bits per heavy atom. The molecule has 0 radical (unpaired) electrons. The topological polar surface area (TPSA) is 108 Å². The number of amides is 2. The Hall–Kier alpha value is -1.63. The molecule has 1 atom stereocenters. The summed E-state index contributed by atoms with van der Waals surface area (Å²) in [6.45, 7) is 3.91. The molecule has 104 valence electrons. The average molecular weight is 259 g/mol. The monoisotopic (exact) mass is 259 g/mol. The van der Waals surface area contributed by atoms with Crippen molar-refractivity contribution in [1.29, 1.82) is 0 Å². The van der Waals surface area contributed by atoms with E-state index in [4.69, 9.17) is 5.11 Å². The maximum atomic E-state index is 11.3. The number of hydrogen-bond acceptors (Lipinski definition) is 4. The van der Waals surface area contributed by atoms with Gasteiger partial charge in [-0.15, -0.1) is 0 Å². The van der Waals surface area contributed by atoms with Gasteiger partial charge in [0, 0.05) is 20.0 Å². The van der Waals surface area contributed by atoms with Gasteiger partial charge in [-0.25, -0.2) is 0 Å². The number of carbonyl (C=O) groups excluding carboxylic acids is 2. The van der Waals surface area contributed by atoms with Crippen LogP contribution in [0.5, 0.6) is 0 Å². The molecular formula is C11H21N3O4. The van der Waals surface area contributed by atoms with Gasteiger partial charge in [0.05, 0.1) is 6.54 Å². The van der Waals surface area contributed by atoms with Crippen molar-refractivity contribution in [3.63, 3.8) is 0 Å². The number of hydrogen-bond donors (Lipinski definition) is 4. The predicted octanol–water partition coefficient (Wildman–Crippen LogP) is -0.918. The molecule has 0 heterocycles. The molecule has 0 fully saturated rings. The zero-order valence-electron chi connectivity index (χ0n) is 10.8. The summed E-state index contributed by atoms with van der Waals surface area (Å²) in [5.41, 5.74) is 0. The van der Waals surface area contributed by atoms with Crippen molar-refractivity contribution in [2.24, 2.45) is 0 Å². The van der Waals surface area contributed by atoms with Crippen molar-refractivity contribution in [2.75, 3.05) is 19.6 Å². The van der Waals surface area contributed by atoms with Gasteiger partial charge in [-0.3, -0.25) is 19.7 Å². The molecule has 7 heteroatoms. The van der Waals surface area contributed by atoms with Crippen LogP contribution in [0.1, 0.15) is 26.7 Å². The van der Waals surface area contributed by atoms with Crippen LogP contribution in [0.2, 0.25) is 0 Å². The lowest BCUT2D eigenvalue weighted by molar-refractivity contribution is -0.139. The lowest BCUT2D eigenvalue weighted by Crippen LogP contribution is -2.44. The highest BCUT2D eigenvalue weighted by Crippen LogP contribution is 1.95. The lowest BCUT2D eigenvalue weighted by atomic mass is 10.2. The number of nitrogens with one attached hydrogen (secondary N) is 3. The predicted molar refractivity (Wildman–Crippen MR) is 66.0 cm³/mol. The van der Waals surface area contributed by atoms with Gasteiger partial charge in [-0.2, -0.15) is 0 Å². The number of rotatable bonds is 9. The Labute approximate surface area is 106 Å². The molecule has 1 unspecified atom stereocenters. The van der Waals surface area contributed by atoms with Crippen LogP contribution in [0.15, 0.2) is 0 Å². The van der Waals surface area contributed by atoms with Crippen molar-refractivity contribution in [3.05, 3.63) is 0 Å². The van der Waals surface area contributed by atoms with Gasteiger partial charge in [0.15, 0.2) is 0 Å². The quantitative estimate of drug-likeness (QED) is 0.401. The Morgan fingerprint density at radius 1 is 1.17 bits per heavy atom. The van der Waals surface area contributed by atoms with Gasteiger partial charge in [0.25, 0.3) is 0 Å². The number of carbonyl (C=O) groups is 3. The third kappa shape index (κ3) is 8.51. The van der Waals surface area contributed by atoms with Crippen LogP contribution in [0.25, 0.3) is 0 Å². The molecule has 0 bridgehead atoms. The molecule has 18 heavy (non-hydrogen) atoms. The van der Waals surface area contributed by atoms with Crippen LogP contribution in [0, 0.1) is 0 Å². The number of carboxylic acids is 1. The molecule has 2 amide bonds. The normalized spacial score (nSPS) is 11.7. The van der Waals surface area contributed by atoms with Crippen molar-refractivity contribution in [1.82, 2.24) is 16.0 Å². The summed E-state index contributed by atoms with van der Waals surface area (Å²) in [6.07, 6.45) is 1.21. The largest absolute Gasteiger partial charge is 0.480 e. The van der Waals surface area contributed by atoms with Crippen molar-refractivity contribution < 1.29 is 19.5 Å². The van der Waals surface area contributed by atoms with E-state index in [-0.39, 0.29) is 18.4 Å². The van der Waals surface area contributed by atoms with Gasteiger partial charge in [0.2, 0.25) is 11.8 Å². The first-order valence-electron chi connectivity index (χ1n) is 5.94. The summed E-state index contributed by atoms with van der Waals surface area (Å²) in [5, 5.41) is 16.6. The fraction of sp³-hybridized carbons (Fsp3) is 0.727. The first kappa shape index (κ1) is 16.4. The molecule has 0 aliphatic rings. The van der Waals surface area contributed by atoms with Crippen LogP contribution in [-0.2, 0) is 14.4 Å². The molecule has 4 N–H and O–H groups in total. The third-order valence-electron chi connectivity index (χ3n) is 2.21. The van der Waals surface area contributed by atoms with E-state index in [9.17, 15) is 14.4 Å². The smallest absolute Gasteiger partial charge is 0.320 e. The first-order valence-corrected chi connectivity index (χ1v) is 5.94. The SMILES string of the molecule is CCCC(NCC(=O)NCCNC(C)=O)C(=O)O. The average Bonchev–Trinajstić information content (AvgIpc) is 2.29. The van der Waals surface area contributed by atoms with Gasteiger partial charge >= 0.3 is 5.97 Å². The minimum absolute atomic E-state index is 0.0446. The summed E-state index contributed by atoms with van der Waals surface area (Å²) in [7, 11) is 0. The van der Waals surface area contributed by atoms with Crippen molar-refractivity contribution in [3.8, 4) is 0 Å². The fourth-order valence-electron chi connectivity index (χ4n) is 1.32. The van der Waals surface area contributed by atoms with Crippen molar-refractivity contribution in [2.45, 2.75) is 32.7 Å². The second kappa shape index (κ2) is 9.41. The molecule has 0 aliphatic carbocycles. The number of aliphatic carboxylic acids is 1. The van der Waals surface area contributed by atoms with Crippen LogP contribution in [0.3, 0.4) is 0 Å². The zero-order chi connectivity index (χ0) is 14.0. The zero-order valence-corrected chi connectivity index (χ0v) is 10.8. The number of carboxylic acid groups (broad SMARTS) is 1. The van der Waals surface area contributed by atoms with Gasteiger partial charge in [-0.05, 0) is 6.42 Å². The van der Waals surface area contributed by atoms with E-state index < -0.39 is 12.0 Å². The molecule has 0 saturated carbocycles. The third-order valence-corrected chi connectivity index (χ3v) is 2.21. The maximum Gasteiger partial charge on any atom is 0.320 e. The highest BCUT2D eigenvalue weighted by molar-refractivity contribution is 5.80. The highest BCUT2D eigenvalue weighted by Gasteiger charge is 2.16. The fourth-order valence-corrected chi connectivity index (χ4v) is 1.32. The summed E-state index contributed by atoms with van der Waals surface area (Å²) in [4.78, 5) is 32.7. The van der Waals surface area contributed by atoms with Crippen LogP contribution < -0.4 is 16.0 Å². The summed E-state index contributed by atoms with van der Waals surface area (Å²) < 4.78 is 0. The Balaban J connectivity index is 3.73. The Bertz CT molecular complexity index is 294. The summed E-state index contributed by atoms with van der Waals surface area (Å²) >= 11 is 0. The van der Waals surface area contributed by atoms with E-state index >= 15 is 0 Å². The Morgan fingerprint density at radius 2 is 1.78 bits per heavy atom. The molecule has 0 spiro atoms. The molecule has 0 saturated heterocycles. The molecule has 0 aromatic carbocycles. The van der Waals surface area contributed by atoms with Crippen molar-refractivity contribution >= 4 is 17.8 Å². The van der Waals surface area contributed by atoms with Crippen LogP contribution >= 0.6 is 0 Å². The molecule has 0 aromatic heterocycles. The van der Waals surface area contributed by atoms with E-state index in [2.05, 4.69) is 16.0 Å². The van der Waals surface area contributed by atoms with E-state index in [1.807, 2.05) is 6.92 Å². The Kier molecular flexibility index (Phi) is 8.55. The maximum absolute atomic E-state index is 11.3. The van der Waals surface area contributed by atoms with Gasteiger partial charge in [-0.1, -0.05) is 13.3 Å². The van der Waals surface area contributed by atoms with Crippen LogP contribution in [0.4, 0.5) is 0 Å². The second-order valence-corrected chi connectivity index (χ2v) is 3.89. The molecular weight excluding hydrogens is 238 g/mol. The lowest BCUT2D eigenvalue weighted by Gasteiger charge is -2.13. The van der Waals surface area contributed by atoms with E-state index in [0.29, 0.717) is 19.5 Å². The van der Waals surface area contributed by atoms with E-state index in [0.717, 1.165) is 6.42 Å². The standard InChI is InChI=1S/C11H21N3O4/c1-3-4-9(11(17)18)14-7-10(16)13-6-5-12-8(2)15/h9,14H,3-7H2,1-2H3,(H,12,15)(H,13,16)(H,17,18). The first-order chi connectivity index (χ1) is 8.47. The second-order valence-electron chi connectivity index (χ2n) is 3.89. The van der Waals surface area contributed by atoms with E-state index in [1.165, 1.54) is 6.92 Å². The molecule has 0 aromatic rings. The van der Waals surface area contributed by atoms with Gasteiger partial charge in [0.1, 0.15) is 6.04 Å². The summed E-state index contributed by atoms with van der Waals surface area (Å²) in [5.74, 6) is -1.40. The molecule has 0 aliphatic heterocycles. The van der Waals surface area contributed by atoms with Gasteiger partial charge < -0.3 is 15.7 Å². The summed E-state index contributed by atoms with van der Waals surface area (Å²) in [6, 6.07) is -0.698. The molecule has 0 rings (SSSR count). The minimum Gasteiger partial charge on any atom is -0.480 e. The minimum atomic E-state index is -0.956. The molecule has 7 nitrogen and oxygen atoms in total. The van der Waals surface area contributed by atoms with E-state index in [1.54, 1.807) is 0 Å². The van der Waals surface area contributed by atoms with Crippen LogP contribution in [-0.4, -0.2) is 48.6 Å². The highest BCUT2D eigenvalue weighted by atomic mass is 16.4.